The van der Waals surface area contributed by atoms with E-state index in [1.807, 2.05) is 6.92 Å². The Morgan fingerprint density at radius 1 is 1.42 bits per heavy atom. The van der Waals surface area contributed by atoms with Crippen molar-refractivity contribution in [2.24, 2.45) is 0 Å². The van der Waals surface area contributed by atoms with E-state index in [0.29, 0.717) is 0 Å². The average molecular weight is 292 g/mol. The minimum atomic E-state index is -2.96. The molecule has 1 N–H and O–H groups in total. The summed E-state index contributed by atoms with van der Waals surface area (Å²) in [6.45, 7) is -0.685. The van der Waals surface area contributed by atoms with Crippen LogP contribution in [0.2, 0.25) is 0 Å². The third-order valence-electron chi connectivity index (χ3n) is 2.43. The Hall–Kier alpha value is -1.36. The molecule has 106 valence electrons. The van der Waals surface area contributed by atoms with Crippen LogP contribution >= 0.6 is 11.6 Å². The Balaban J connectivity index is 2.66. The van der Waals surface area contributed by atoms with E-state index in [1.165, 1.54) is 18.2 Å². The number of carbonyl (C=O) groups excluding carboxylic acids is 1. The molecule has 0 saturated carbocycles. The van der Waals surface area contributed by atoms with Crippen LogP contribution in [0.4, 0.5) is 8.78 Å². The van der Waals surface area contributed by atoms with E-state index < -0.39 is 12.5 Å². The molecule has 0 aromatic heterocycles. The topological polar surface area (TPSA) is 38.3 Å². The second-order valence-electron chi connectivity index (χ2n) is 3.97. The van der Waals surface area contributed by atoms with Gasteiger partial charge in [0.2, 0.25) is 0 Å². The lowest BCUT2D eigenvalue weighted by Crippen LogP contribution is -2.30. The zero-order valence-electron chi connectivity index (χ0n) is 10.5. The van der Waals surface area contributed by atoms with E-state index in [0.717, 1.165) is 12.8 Å². The summed E-state index contributed by atoms with van der Waals surface area (Å²) in [6, 6.07) is 5.86. The van der Waals surface area contributed by atoms with Crippen molar-refractivity contribution in [2.75, 3.05) is 6.54 Å². The smallest absolute Gasteiger partial charge is 0.387 e. The third kappa shape index (κ3) is 5.42. The first-order valence-corrected chi connectivity index (χ1v) is 6.44. The number of carbonyl (C=O) groups is 1. The van der Waals surface area contributed by atoms with Gasteiger partial charge in [0.1, 0.15) is 5.75 Å². The van der Waals surface area contributed by atoms with Gasteiger partial charge in [-0.2, -0.15) is 8.78 Å². The van der Waals surface area contributed by atoms with Crippen molar-refractivity contribution in [3.05, 3.63) is 29.8 Å². The predicted molar refractivity (Wildman–Crippen MR) is 70.0 cm³/mol. The Bertz CT molecular complexity index is 415. The van der Waals surface area contributed by atoms with E-state index in [9.17, 15) is 13.6 Å². The number of rotatable bonds is 7. The maximum atomic E-state index is 12.2. The van der Waals surface area contributed by atoms with Crippen molar-refractivity contribution >= 4 is 17.5 Å². The normalized spacial score (nSPS) is 12.3. The van der Waals surface area contributed by atoms with Crippen molar-refractivity contribution in [3.8, 4) is 5.75 Å². The molecule has 3 nitrogen and oxygen atoms in total. The van der Waals surface area contributed by atoms with Crippen molar-refractivity contribution in [2.45, 2.75) is 31.8 Å². The molecule has 0 aliphatic heterocycles. The van der Waals surface area contributed by atoms with Gasteiger partial charge >= 0.3 is 6.61 Å². The maximum absolute atomic E-state index is 12.2. The minimum absolute atomic E-state index is 0.0724. The van der Waals surface area contributed by atoms with Crippen LogP contribution in [0.1, 0.15) is 30.1 Å². The highest BCUT2D eigenvalue weighted by Gasteiger charge is 2.15. The lowest BCUT2D eigenvalue weighted by Gasteiger charge is -2.12. The second kappa shape index (κ2) is 7.94. The first-order valence-electron chi connectivity index (χ1n) is 6.00. The minimum Gasteiger partial charge on any atom is -0.434 e. The highest BCUT2D eigenvalue weighted by Crippen LogP contribution is 2.20. The van der Waals surface area contributed by atoms with Crippen LogP contribution in [0.3, 0.4) is 0 Å². The standard InChI is InChI=1S/C13H16ClF2NO2/c1-2-5-9(14)8-17-12(18)10-6-3-4-7-11(10)19-13(15)16/h3-4,6-7,9,13H,2,5,8H2,1H3,(H,17,18). The Kier molecular flexibility index (Phi) is 6.56. The van der Waals surface area contributed by atoms with Crippen LogP contribution in [0.5, 0.6) is 5.75 Å². The molecule has 0 heterocycles. The summed E-state index contributed by atoms with van der Waals surface area (Å²) < 4.78 is 28.7. The maximum Gasteiger partial charge on any atom is 0.387 e. The third-order valence-corrected chi connectivity index (χ3v) is 2.81. The van der Waals surface area contributed by atoms with Crippen molar-refractivity contribution < 1.29 is 18.3 Å². The van der Waals surface area contributed by atoms with Crippen molar-refractivity contribution in [1.82, 2.24) is 5.32 Å². The monoisotopic (exact) mass is 291 g/mol. The van der Waals surface area contributed by atoms with Crippen LogP contribution in [0.25, 0.3) is 0 Å². The highest BCUT2D eigenvalue weighted by atomic mass is 35.5. The molecule has 0 spiro atoms. The molecule has 1 rings (SSSR count). The number of alkyl halides is 3. The summed E-state index contributed by atoms with van der Waals surface area (Å²) in [4.78, 5) is 11.9. The number of halogens is 3. The zero-order valence-corrected chi connectivity index (χ0v) is 11.3. The molecule has 0 bridgehead atoms. The number of nitrogens with one attached hydrogen (secondary N) is 1. The first kappa shape index (κ1) is 15.7. The molecule has 0 fully saturated rings. The molecule has 1 atom stereocenters. The van der Waals surface area contributed by atoms with Gasteiger partial charge in [0, 0.05) is 6.54 Å². The molecule has 1 aromatic carbocycles. The summed E-state index contributed by atoms with van der Waals surface area (Å²) in [7, 11) is 0. The Morgan fingerprint density at radius 3 is 2.74 bits per heavy atom. The molecule has 1 unspecified atom stereocenters. The summed E-state index contributed by atoms with van der Waals surface area (Å²) >= 11 is 5.97. The van der Waals surface area contributed by atoms with Crippen molar-refractivity contribution in [1.29, 1.82) is 0 Å². The Labute approximate surface area is 115 Å². The largest absolute Gasteiger partial charge is 0.434 e. The van der Waals surface area contributed by atoms with Gasteiger partial charge in [0.25, 0.3) is 5.91 Å². The van der Waals surface area contributed by atoms with Crippen LogP contribution < -0.4 is 10.1 Å². The van der Waals surface area contributed by atoms with E-state index in [4.69, 9.17) is 11.6 Å². The lowest BCUT2D eigenvalue weighted by molar-refractivity contribution is -0.0501. The van der Waals surface area contributed by atoms with Gasteiger partial charge < -0.3 is 10.1 Å². The van der Waals surface area contributed by atoms with E-state index >= 15 is 0 Å². The number of ether oxygens (including phenoxy) is 1. The van der Waals surface area contributed by atoms with Gasteiger partial charge in [0.05, 0.1) is 10.9 Å². The van der Waals surface area contributed by atoms with Crippen LogP contribution in [-0.2, 0) is 0 Å². The molecule has 6 heteroatoms. The number of hydrogen-bond donors (Lipinski definition) is 1. The first-order chi connectivity index (χ1) is 9.04. The fraction of sp³-hybridized carbons (Fsp3) is 0.462. The molecule has 0 aliphatic rings. The van der Waals surface area contributed by atoms with Gasteiger partial charge in [-0.1, -0.05) is 25.5 Å². The molecule has 1 aromatic rings. The average Bonchev–Trinajstić information content (AvgIpc) is 2.36. The summed E-state index contributed by atoms with van der Waals surface area (Å²) in [5.41, 5.74) is 0.0724. The van der Waals surface area contributed by atoms with Gasteiger partial charge in [-0.15, -0.1) is 11.6 Å². The fourth-order valence-corrected chi connectivity index (χ4v) is 1.86. The summed E-state index contributed by atoms with van der Waals surface area (Å²) in [5.74, 6) is -0.616. The molecular formula is C13H16ClF2NO2. The van der Waals surface area contributed by atoms with Gasteiger partial charge in [-0.05, 0) is 18.6 Å². The number of benzene rings is 1. The molecule has 19 heavy (non-hydrogen) atoms. The Morgan fingerprint density at radius 2 is 2.11 bits per heavy atom. The predicted octanol–water partition coefficient (Wildman–Crippen LogP) is 3.43. The quantitative estimate of drug-likeness (QED) is 0.782. The van der Waals surface area contributed by atoms with Gasteiger partial charge in [0.15, 0.2) is 0 Å². The fourth-order valence-electron chi connectivity index (χ4n) is 1.57. The zero-order chi connectivity index (χ0) is 14.3. The number of hydrogen-bond acceptors (Lipinski definition) is 2. The molecular weight excluding hydrogens is 276 g/mol. The molecule has 0 aliphatic carbocycles. The van der Waals surface area contributed by atoms with E-state index in [1.54, 1.807) is 6.07 Å². The van der Waals surface area contributed by atoms with Crippen LogP contribution in [0, 0.1) is 0 Å². The molecule has 0 radical (unpaired) electrons. The highest BCUT2D eigenvalue weighted by molar-refractivity contribution is 6.20. The molecule has 1 amide bonds. The van der Waals surface area contributed by atoms with Gasteiger partial charge in [-0.3, -0.25) is 4.79 Å². The van der Waals surface area contributed by atoms with Crippen LogP contribution in [0.15, 0.2) is 24.3 Å². The van der Waals surface area contributed by atoms with Gasteiger partial charge in [-0.25, -0.2) is 0 Å². The lowest BCUT2D eigenvalue weighted by atomic mass is 10.2. The second-order valence-corrected chi connectivity index (χ2v) is 4.59. The number of para-hydroxylation sites is 1. The van der Waals surface area contributed by atoms with E-state index in [-0.39, 0.29) is 23.2 Å². The summed E-state index contributed by atoms with van der Waals surface area (Å²) in [5, 5.41) is 2.43. The van der Waals surface area contributed by atoms with E-state index in [2.05, 4.69) is 10.1 Å². The molecule has 0 saturated heterocycles. The number of amides is 1. The SMILES string of the molecule is CCCC(Cl)CNC(=O)c1ccccc1OC(F)F. The summed E-state index contributed by atoms with van der Waals surface area (Å²) in [6.07, 6.45) is 1.69. The van der Waals surface area contributed by atoms with Crippen LogP contribution in [-0.4, -0.2) is 24.4 Å². The van der Waals surface area contributed by atoms with Crippen molar-refractivity contribution in [3.63, 3.8) is 0 Å².